The standard InChI is InChI=1S/C10H16N2/c1-5-8-9(6-2)12-10(11-8)7(3)4/h3,5-6H2,1-2,4H3,(H,11,12). The number of hydrogen-bond acceptors (Lipinski definition) is 1. The first kappa shape index (κ1) is 9.04. The van der Waals surface area contributed by atoms with Crippen molar-refractivity contribution in [1.82, 2.24) is 9.97 Å². The van der Waals surface area contributed by atoms with Crippen LogP contribution in [-0.4, -0.2) is 9.97 Å². The van der Waals surface area contributed by atoms with Gasteiger partial charge in [0.25, 0.3) is 0 Å². The average molecular weight is 164 g/mol. The number of rotatable bonds is 3. The molecule has 0 amide bonds. The molecule has 0 saturated carbocycles. The highest BCUT2D eigenvalue weighted by atomic mass is 14.9. The van der Waals surface area contributed by atoms with E-state index in [4.69, 9.17) is 0 Å². The fraction of sp³-hybridized carbons (Fsp3) is 0.500. The van der Waals surface area contributed by atoms with Gasteiger partial charge >= 0.3 is 0 Å². The minimum atomic E-state index is 0.934. The molecule has 0 fully saturated rings. The highest BCUT2D eigenvalue weighted by Gasteiger charge is 2.06. The third-order valence-electron chi connectivity index (χ3n) is 1.96. The summed E-state index contributed by atoms with van der Waals surface area (Å²) in [6.07, 6.45) is 2.01. The van der Waals surface area contributed by atoms with Gasteiger partial charge in [-0.25, -0.2) is 4.98 Å². The van der Waals surface area contributed by atoms with Crippen molar-refractivity contribution in [2.45, 2.75) is 33.6 Å². The Hall–Kier alpha value is -1.05. The van der Waals surface area contributed by atoms with Crippen LogP contribution in [-0.2, 0) is 12.8 Å². The summed E-state index contributed by atoms with van der Waals surface area (Å²) in [4.78, 5) is 7.72. The zero-order valence-electron chi connectivity index (χ0n) is 8.07. The number of hydrogen-bond donors (Lipinski definition) is 1. The van der Waals surface area contributed by atoms with Crippen LogP contribution in [0.2, 0.25) is 0 Å². The molecule has 0 unspecified atom stereocenters. The molecule has 12 heavy (non-hydrogen) atoms. The van der Waals surface area contributed by atoms with E-state index in [2.05, 4.69) is 30.4 Å². The van der Waals surface area contributed by atoms with E-state index in [0.29, 0.717) is 0 Å². The van der Waals surface area contributed by atoms with Gasteiger partial charge in [-0.05, 0) is 25.3 Å². The van der Waals surface area contributed by atoms with Crippen molar-refractivity contribution < 1.29 is 0 Å². The van der Waals surface area contributed by atoms with E-state index in [1.54, 1.807) is 0 Å². The fourth-order valence-electron chi connectivity index (χ4n) is 1.23. The summed E-state index contributed by atoms with van der Waals surface area (Å²) in [5.74, 6) is 0.934. The van der Waals surface area contributed by atoms with Crippen LogP contribution in [0.3, 0.4) is 0 Å². The number of nitrogens with zero attached hydrogens (tertiary/aromatic N) is 1. The second-order valence-electron chi connectivity index (χ2n) is 3.00. The number of aryl methyl sites for hydroxylation is 2. The van der Waals surface area contributed by atoms with Gasteiger partial charge in [0.2, 0.25) is 0 Å². The lowest BCUT2D eigenvalue weighted by Crippen LogP contribution is -1.87. The molecule has 1 aromatic heterocycles. The van der Waals surface area contributed by atoms with E-state index in [0.717, 1.165) is 24.2 Å². The van der Waals surface area contributed by atoms with Crippen LogP contribution >= 0.6 is 0 Å². The molecule has 0 atom stereocenters. The van der Waals surface area contributed by atoms with Crippen LogP contribution in [0.4, 0.5) is 0 Å². The summed E-state index contributed by atoms with van der Waals surface area (Å²) >= 11 is 0. The van der Waals surface area contributed by atoms with Crippen molar-refractivity contribution in [3.8, 4) is 0 Å². The van der Waals surface area contributed by atoms with Crippen LogP contribution in [0, 0.1) is 0 Å². The number of aromatic amines is 1. The molecule has 0 aliphatic heterocycles. The van der Waals surface area contributed by atoms with E-state index in [-0.39, 0.29) is 0 Å². The van der Waals surface area contributed by atoms with Crippen LogP contribution in [0.15, 0.2) is 6.58 Å². The summed E-state index contributed by atoms with van der Waals surface area (Å²) in [5.41, 5.74) is 3.43. The van der Waals surface area contributed by atoms with Gasteiger partial charge in [-0.2, -0.15) is 0 Å². The van der Waals surface area contributed by atoms with Crippen molar-refractivity contribution in [3.05, 3.63) is 23.8 Å². The Morgan fingerprint density at radius 2 is 2.08 bits per heavy atom. The Balaban J connectivity index is 3.05. The molecule has 1 N–H and O–H groups in total. The quantitative estimate of drug-likeness (QED) is 0.730. The predicted molar refractivity (Wildman–Crippen MR) is 52.1 cm³/mol. The largest absolute Gasteiger partial charge is 0.342 e. The molecule has 2 nitrogen and oxygen atoms in total. The van der Waals surface area contributed by atoms with Crippen LogP contribution in [0.25, 0.3) is 5.57 Å². The Bertz CT molecular complexity index is 263. The normalized spacial score (nSPS) is 10.2. The Kier molecular flexibility index (Phi) is 2.69. The molecule has 0 spiro atoms. The van der Waals surface area contributed by atoms with Gasteiger partial charge in [-0.15, -0.1) is 0 Å². The summed E-state index contributed by atoms with van der Waals surface area (Å²) in [5, 5.41) is 0. The first-order valence-corrected chi connectivity index (χ1v) is 4.42. The van der Waals surface area contributed by atoms with Gasteiger partial charge in [-0.1, -0.05) is 20.4 Å². The first-order chi connectivity index (χ1) is 5.69. The molecule has 1 aromatic rings. The molecule has 0 saturated heterocycles. The van der Waals surface area contributed by atoms with Crippen LogP contribution in [0.1, 0.15) is 38.0 Å². The van der Waals surface area contributed by atoms with Crippen LogP contribution in [0.5, 0.6) is 0 Å². The Labute approximate surface area is 73.7 Å². The number of allylic oxidation sites excluding steroid dienone is 1. The van der Waals surface area contributed by atoms with E-state index in [9.17, 15) is 0 Å². The van der Waals surface area contributed by atoms with Crippen molar-refractivity contribution in [2.24, 2.45) is 0 Å². The maximum absolute atomic E-state index is 4.44. The minimum Gasteiger partial charge on any atom is -0.342 e. The predicted octanol–water partition coefficient (Wildman–Crippen LogP) is 2.57. The molecule has 2 heteroatoms. The maximum atomic E-state index is 4.44. The molecule has 0 radical (unpaired) electrons. The number of imidazole rings is 1. The topological polar surface area (TPSA) is 28.7 Å². The van der Waals surface area contributed by atoms with Crippen LogP contribution < -0.4 is 0 Å². The molecule has 0 aliphatic rings. The highest BCUT2D eigenvalue weighted by molar-refractivity contribution is 5.55. The summed E-state index contributed by atoms with van der Waals surface area (Å²) in [7, 11) is 0. The number of aromatic nitrogens is 2. The third-order valence-corrected chi connectivity index (χ3v) is 1.96. The second-order valence-corrected chi connectivity index (χ2v) is 3.00. The monoisotopic (exact) mass is 164 g/mol. The van der Waals surface area contributed by atoms with Gasteiger partial charge in [-0.3, -0.25) is 0 Å². The van der Waals surface area contributed by atoms with Gasteiger partial charge in [0, 0.05) is 5.69 Å². The van der Waals surface area contributed by atoms with E-state index in [1.807, 2.05) is 6.92 Å². The smallest absolute Gasteiger partial charge is 0.132 e. The van der Waals surface area contributed by atoms with Gasteiger partial charge in [0.15, 0.2) is 0 Å². The van der Waals surface area contributed by atoms with Crippen molar-refractivity contribution >= 4 is 5.57 Å². The molecule has 0 aromatic carbocycles. The second kappa shape index (κ2) is 3.57. The zero-order valence-corrected chi connectivity index (χ0v) is 8.07. The molecular formula is C10H16N2. The average Bonchev–Trinajstić information content (AvgIpc) is 2.46. The van der Waals surface area contributed by atoms with Crippen molar-refractivity contribution in [3.63, 3.8) is 0 Å². The summed E-state index contributed by atoms with van der Waals surface area (Å²) in [6, 6.07) is 0. The highest BCUT2D eigenvalue weighted by Crippen LogP contribution is 2.12. The molecule has 0 aliphatic carbocycles. The van der Waals surface area contributed by atoms with E-state index < -0.39 is 0 Å². The van der Waals surface area contributed by atoms with Crippen molar-refractivity contribution in [2.75, 3.05) is 0 Å². The van der Waals surface area contributed by atoms with Gasteiger partial charge in [0.05, 0.1) is 5.69 Å². The maximum Gasteiger partial charge on any atom is 0.132 e. The number of H-pyrrole nitrogens is 1. The Morgan fingerprint density at radius 1 is 1.42 bits per heavy atom. The molecule has 66 valence electrons. The van der Waals surface area contributed by atoms with Gasteiger partial charge in [0.1, 0.15) is 5.82 Å². The molecule has 1 rings (SSSR count). The molecular weight excluding hydrogens is 148 g/mol. The third kappa shape index (κ3) is 1.58. The van der Waals surface area contributed by atoms with Crippen molar-refractivity contribution in [1.29, 1.82) is 0 Å². The fourth-order valence-corrected chi connectivity index (χ4v) is 1.23. The molecule has 0 bridgehead atoms. The first-order valence-electron chi connectivity index (χ1n) is 4.42. The van der Waals surface area contributed by atoms with Gasteiger partial charge < -0.3 is 4.98 Å². The zero-order chi connectivity index (χ0) is 9.14. The summed E-state index contributed by atoms with van der Waals surface area (Å²) < 4.78 is 0. The summed E-state index contributed by atoms with van der Waals surface area (Å²) in [6.45, 7) is 10.1. The number of nitrogens with one attached hydrogen (secondary N) is 1. The lowest BCUT2D eigenvalue weighted by atomic mass is 10.2. The molecule has 1 heterocycles. The van der Waals surface area contributed by atoms with E-state index in [1.165, 1.54) is 11.4 Å². The Morgan fingerprint density at radius 3 is 2.42 bits per heavy atom. The van der Waals surface area contributed by atoms with E-state index >= 15 is 0 Å². The lowest BCUT2D eigenvalue weighted by molar-refractivity contribution is 0.979. The SMILES string of the molecule is C=C(C)c1nc(CC)c(CC)[nH]1. The minimum absolute atomic E-state index is 0.934. The lowest BCUT2D eigenvalue weighted by Gasteiger charge is -1.92.